The SMILES string of the molecule is CCCCCCCCCC(C)NCCSS(=O)(=O)O. The third kappa shape index (κ3) is 16.2. The molecular weight excluding hydrogens is 282 g/mol. The highest BCUT2D eigenvalue weighted by Gasteiger charge is 2.05. The van der Waals surface area contributed by atoms with Gasteiger partial charge in [0.05, 0.1) is 0 Å². The molecule has 116 valence electrons. The van der Waals surface area contributed by atoms with E-state index in [9.17, 15) is 8.42 Å². The summed E-state index contributed by atoms with van der Waals surface area (Å²) in [5.74, 6) is 0.389. The summed E-state index contributed by atoms with van der Waals surface area (Å²) in [7, 11) is -3.30. The van der Waals surface area contributed by atoms with Crippen molar-refractivity contribution in [3.05, 3.63) is 0 Å². The predicted molar refractivity (Wildman–Crippen MR) is 84.1 cm³/mol. The number of hydrogen-bond donors (Lipinski definition) is 2. The van der Waals surface area contributed by atoms with E-state index in [1.54, 1.807) is 0 Å². The molecule has 0 saturated carbocycles. The second-order valence-corrected chi connectivity index (χ2v) is 8.49. The molecule has 0 aromatic rings. The molecule has 0 rings (SSSR count). The molecule has 1 unspecified atom stereocenters. The van der Waals surface area contributed by atoms with E-state index in [-0.39, 0.29) is 0 Å². The van der Waals surface area contributed by atoms with E-state index in [0.29, 0.717) is 29.1 Å². The Labute approximate surface area is 122 Å². The van der Waals surface area contributed by atoms with Crippen molar-refractivity contribution in [3.63, 3.8) is 0 Å². The lowest BCUT2D eigenvalue weighted by Crippen LogP contribution is -2.28. The number of nitrogens with one attached hydrogen (secondary N) is 1. The Morgan fingerprint density at radius 3 is 2.26 bits per heavy atom. The van der Waals surface area contributed by atoms with Crippen LogP contribution < -0.4 is 5.32 Å². The molecule has 0 aliphatic carbocycles. The van der Waals surface area contributed by atoms with Crippen molar-refractivity contribution in [1.29, 1.82) is 0 Å². The molecule has 2 N–H and O–H groups in total. The quantitative estimate of drug-likeness (QED) is 0.309. The lowest BCUT2D eigenvalue weighted by molar-refractivity contribution is 0.488. The van der Waals surface area contributed by atoms with Gasteiger partial charge < -0.3 is 5.32 Å². The Hall–Kier alpha value is 0.220. The summed E-state index contributed by atoms with van der Waals surface area (Å²) in [5, 5.41) is 3.27. The third-order valence-electron chi connectivity index (χ3n) is 3.07. The van der Waals surface area contributed by atoms with Crippen LogP contribution in [0.25, 0.3) is 0 Å². The molecule has 0 radical (unpaired) electrons. The third-order valence-corrected chi connectivity index (χ3v) is 5.13. The molecule has 0 fully saturated rings. The van der Waals surface area contributed by atoms with Gasteiger partial charge in [0.15, 0.2) is 0 Å². The molecule has 0 aliphatic heterocycles. The van der Waals surface area contributed by atoms with Gasteiger partial charge >= 0.3 is 9.15 Å². The average molecular weight is 312 g/mol. The Bertz CT molecular complexity index is 294. The normalized spacial score (nSPS) is 13.6. The van der Waals surface area contributed by atoms with Crippen LogP contribution in [0.3, 0.4) is 0 Å². The van der Waals surface area contributed by atoms with E-state index in [4.69, 9.17) is 4.55 Å². The summed E-state index contributed by atoms with van der Waals surface area (Å²) < 4.78 is 29.5. The van der Waals surface area contributed by atoms with Crippen LogP contribution in [-0.4, -0.2) is 31.3 Å². The zero-order valence-corrected chi connectivity index (χ0v) is 13.9. The van der Waals surface area contributed by atoms with E-state index in [1.807, 2.05) is 0 Å². The highest BCUT2D eigenvalue weighted by Crippen LogP contribution is 2.10. The molecule has 4 nitrogen and oxygen atoms in total. The maximum absolute atomic E-state index is 10.5. The number of hydrogen-bond acceptors (Lipinski definition) is 4. The van der Waals surface area contributed by atoms with Gasteiger partial charge in [-0.15, -0.1) is 0 Å². The van der Waals surface area contributed by atoms with Crippen LogP contribution in [0.2, 0.25) is 0 Å². The fourth-order valence-corrected chi connectivity index (χ4v) is 3.26. The Balaban J connectivity index is 3.28. The van der Waals surface area contributed by atoms with E-state index in [2.05, 4.69) is 19.2 Å². The summed E-state index contributed by atoms with van der Waals surface area (Å²) in [6.45, 7) is 4.96. The topological polar surface area (TPSA) is 66.4 Å². The standard InChI is InChI=1S/C13H29NO3S2/c1-3-4-5-6-7-8-9-10-13(2)14-11-12-18-19(15,16)17/h13-14H,3-12H2,1-2H3,(H,15,16,17). The van der Waals surface area contributed by atoms with E-state index >= 15 is 0 Å². The minimum atomic E-state index is -3.88. The molecule has 0 aromatic carbocycles. The fourth-order valence-electron chi connectivity index (χ4n) is 1.96. The minimum Gasteiger partial charge on any atom is -0.313 e. The van der Waals surface area contributed by atoms with Crippen LogP contribution in [0.5, 0.6) is 0 Å². The smallest absolute Gasteiger partial charge is 0.313 e. The van der Waals surface area contributed by atoms with Gasteiger partial charge in [-0.05, 0) is 24.1 Å². The van der Waals surface area contributed by atoms with Gasteiger partial charge in [0.1, 0.15) is 0 Å². The second-order valence-electron chi connectivity index (χ2n) is 5.01. The van der Waals surface area contributed by atoms with Crippen molar-refractivity contribution in [3.8, 4) is 0 Å². The van der Waals surface area contributed by atoms with Gasteiger partial charge in [0.25, 0.3) is 0 Å². The Kier molecular flexibility index (Phi) is 12.1. The lowest BCUT2D eigenvalue weighted by Gasteiger charge is -2.13. The van der Waals surface area contributed by atoms with E-state index in [0.717, 1.165) is 6.42 Å². The van der Waals surface area contributed by atoms with Crippen LogP contribution in [0.1, 0.15) is 65.2 Å². The monoisotopic (exact) mass is 311 g/mol. The molecule has 0 heterocycles. The maximum atomic E-state index is 10.5. The second kappa shape index (κ2) is 12.0. The molecule has 0 saturated heterocycles. The van der Waals surface area contributed by atoms with Crippen molar-refractivity contribution < 1.29 is 13.0 Å². The van der Waals surface area contributed by atoms with Crippen LogP contribution in [0, 0.1) is 0 Å². The summed E-state index contributed by atoms with van der Waals surface area (Å²) in [4.78, 5) is 0. The van der Waals surface area contributed by atoms with Crippen molar-refractivity contribution in [2.24, 2.45) is 0 Å². The van der Waals surface area contributed by atoms with Crippen molar-refractivity contribution in [2.75, 3.05) is 12.3 Å². The summed E-state index contributed by atoms with van der Waals surface area (Å²) >= 11 is 0. The van der Waals surface area contributed by atoms with Crippen LogP contribution in [-0.2, 0) is 9.15 Å². The summed E-state index contributed by atoms with van der Waals surface area (Å²) in [6.07, 6.45) is 10.3. The molecule has 19 heavy (non-hydrogen) atoms. The maximum Gasteiger partial charge on any atom is 0.319 e. The molecule has 6 heteroatoms. The number of rotatable bonds is 13. The minimum absolute atomic E-state index is 0.389. The van der Waals surface area contributed by atoms with Gasteiger partial charge in [-0.2, -0.15) is 8.42 Å². The average Bonchev–Trinajstić information content (AvgIpc) is 2.32. The lowest BCUT2D eigenvalue weighted by atomic mass is 10.1. The highest BCUT2D eigenvalue weighted by molar-refractivity contribution is 8.69. The zero-order valence-electron chi connectivity index (χ0n) is 12.2. The fraction of sp³-hybridized carbons (Fsp3) is 1.00. The van der Waals surface area contributed by atoms with Crippen LogP contribution in [0.15, 0.2) is 0 Å². The zero-order chi connectivity index (χ0) is 14.6. The first-order valence-electron chi connectivity index (χ1n) is 7.31. The predicted octanol–water partition coefficient (Wildman–Crippen LogP) is 3.64. The first kappa shape index (κ1) is 19.2. The van der Waals surface area contributed by atoms with Gasteiger partial charge in [0.2, 0.25) is 0 Å². The van der Waals surface area contributed by atoms with E-state index < -0.39 is 9.15 Å². The van der Waals surface area contributed by atoms with Crippen molar-refractivity contribution in [2.45, 2.75) is 71.3 Å². The molecule has 0 amide bonds. The van der Waals surface area contributed by atoms with Crippen molar-refractivity contribution >= 4 is 19.9 Å². The summed E-state index contributed by atoms with van der Waals surface area (Å²) in [6, 6.07) is 0.414. The molecular formula is C13H29NO3S2. The summed E-state index contributed by atoms with van der Waals surface area (Å²) in [5.41, 5.74) is 0. The van der Waals surface area contributed by atoms with Crippen molar-refractivity contribution in [1.82, 2.24) is 5.32 Å². The molecule has 0 aliphatic rings. The Morgan fingerprint density at radius 1 is 1.11 bits per heavy atom. The number of unbranched alkanes of at least 4 members (excludes halogenated alkanes) is 6. The molecule has 1 atom stereocenters. The van der Waals surface area contributed by atoms with Gasteiger partial charge in [-0.1, -0.05) is 51.9 Å². The van der Waals surface area contributed by atoms with Gasteiger partial charge in [-0.3, -0.25) is 4.55 Å². The van der Waals surface area contributed by atoms with E-state index in [1.165, 1.54) is 44.9 Å². The molecule has 0 aromatic heterocycles. The molecule has 0 spiro atoms. The Morgan fingerprint density at radius 2 is 1.68 bits per heavy atom. The first-order chi connectivity index (χ1) is 8.95. The first-order valence-corrected chi connectivity index (χ1v) is 10.2. The van der Waals surface area contributed by atoms with Crippen LogP contribution in [0.4, 0.5) is 0 Å². The molecule has 0 bridgehead atoms. The van der Waals surface area contributed by atoms with Crippen LogP contribution >= 0.6 is 10.8 Å². The van der Waals surface area contributed by atoms with Gasteiger partial charge in [-0.25, -0.2) is 0 Å². The van der Waals surface area contributed by atoms with Gasteiger partial charge in [0, 0.05) is 18.3 Å². The highest BCUT2D eigenvalue weighted by atomic mass is 33.1. The largest absolute Gasteiger partial charge is 0.319 e.